The average Bonchev–Trinajstić information content (AvgIpc) is 2.54. The van der Waals surface area contributed by atoms with Gasteiger partial charge in [-0.15, -0.1) is 0 Å². The zero-order chi connectivity index (χ0) is 15.5. The van der Waals surface area contributed by atoms with Gasteiger partial charge in [-0.2, -0.15) is 0 Å². The number of nitrogens with one attached hydrogen (secondary N) is 1. The van der Waals surface area contributed by atoms with Gasteiger partial charge in [0.2, 0.25) is 5.96 Å². The summed E-state index contributed by atoms with van der Waals surface area (Å²) in [6.07, 6.45) is 3.37. The van der Waals surface area contributed by atoms with Crippen molar-refractivity contribution in [1.82, 2.24) is 4.98 Å². The van der Waals surface area contributed by atoms with E-state index in [-0.39, 0.29) is 5.96 Å². The second-order valence-electron chi connectivity index (χ2n) is 4.62. The normalized spacial score (nSPS) is 10.6. The molecule has 2 aromatic carbocycles. The second kappa shape index (κ2) is 6.25. The fourth-order valence-corrected chi connectivity index (χ4v) is 3.13. The summed E-state index contributed by atoms with van der Waals surface area (Å²) in [5.74, 6) is -0.237. The van der Waals surface area contributed by atoms with Gasteiger partial charge in [-0.3, -0.25) is 10.4 Å². The van der Waals surface area contributed by atoms with E-state index in [1.807, 2.05) is 36.4 Å². The number of rotatable bonds is 3. The molecule has 110 valence electrons. The van der Waals surface area contributed by atoms with Gasteiger partial charge in [0.25, 0.3) is 0 Å². The Hall–Kier alpha value is -2.24. The number of anilines is 1. The fraction of sp³-hybridized carbons (Fsp3) is 0. The lowest BCUT2D eigenvalue weighted by molar-refractivity contribution is 1.29. The van der Waals surface area contributed by atoms with Crippen LogP contribution >= 0.6 is 23.5 Å². The summed E-state index contributed by atoms with van der Waals surface area (Å²) >= 11 is 7.71. The zero-order valence-corrected chi connectivity index (χ0v) is 13.1. The van der Waals surface area contributed by atoms with Crippen molar-refractivity contribution in [2.75, 3.05) is 4.42 Å². The van der Waals surface area contributed by atoms with E-state index in [0.29, 0.717) is 5.69 Å². The lowest BCUT2D eigenvalue weighted by Crippen LogP contribution is -2.28. The van der Waals surface area contributed by atoms with Crippen LogP contribution in [0, 0.1) is 5.41 Å². The molecule has 0 unspecified atom stereocenters. The SMILES string of the molecule is N=C(N)N(Cl)c1cncc2cc(Sc3ccccc3)ccc12. The Bertz CT molecular complexity index is 823. The minimum Gasteiger partial charge on any atom is -0.369 e. The number of nitrogens with zero attached hydrogens (tertiary/aromatic N) is 2. The quantitative estimate of drug-likeness (QED) is 0.429. The Labute approximate surface area is 137 Å². The third-order valence-electron chi connectivity index (χ3n) is 3.11. The lowest BCUT2D eigenvalue weighted by atomic mass is 10.1. The first-order chi connectivity index (χ1) is 10.6. The minimum atomic E-state index is -0.237. The first kappa shape index (κ1) is 14.7. The smallest absolute Gasteiger partial charge is 0.208 e. The highest BCUT2D eigenvalue weighted by Gasteiger charge is 2.11. The zero-order valence-electron chi connectivity index (χ0n) is 11.5. The summed E-state index contributed by atoms with van der Waals surface area (Å²) in [6.45, 7) is 0. The van der Waals surface area contributed by atoms with E-state index in [4.69, 9.17) is 22.9 Å². The van der Waals surface area contributed by atoms with Gasteiger partial charge in [0.05, 0.1) is 11.9 Å². The number of aromatic nitrogens is 1. The highest BCUT2D eigenvalue weighted by atomic mass is 35.5. The number of hydrogen-bond donors (Lipinski definition) is 2. The van der Waals surface area contributed by atoms with E-state index in [1.54, 1.807) is 24.2 Å². The van der Waals surface area contributed by atoms with Gasteiger partial charge in [0.15, 0.2) is 0 Å². The molecule has 0 spiro atoms. The van der Waals surface area contributed by atoms with Crippen molar-refractivity contribution >= 4 is 46.0 Å². The molecule has 6 heteroatoms. The Morgan fingerprint density at radius 3 is 2.59 bits per heavy atom. The van der Waals surface area contributed by atoms with Crippen LogP contribution in [-0.4, -0.2) is 10.9 Å². The van der Waals surface area contributed by atoms with Gasteiger partial charge in [0.1, 0.15) is 0 Å². The Kier molecular flexibility index (Phi) is 4.18. The molecule has 3 rings (SSSR count). The molecule has 0 fully saturated rings. The van der Waals surface area contributed by atoms with Crippen LogP contribution in [0.25, 0.3) is 10.8 Å². The summed E-state index contributed by atoms with van der Waals surface area (Å²) in [4.78, 5) is 6.46. The van der Waals surface area contributed by atoms with Crippen LogP contribution in [0.3, 0.4) is 0 Å². The number of hydrogen-bond acceptors (Lipinski definition) is 3. The number of guanidine groups is 1. The molecule has 0 amide bonds. The maximum absolute atomic E-state index is 7.44. The van der Waals surface area contributed by atoms with E-state index in [9.17, 15) is 0 Å². The van der Waals surface area contributed by atoms with Crippen LogP contribution in [0.4, 0.5) is 5.69 Å². The first-order valence-electron chi connectivity index (χ1n) is 6.56. The molecule has 0 radical (unpaired) electrons. The number of fused-ring (bicyclic) bond motifs is 1. The summed E-state index contributed by atoms with van der Waals surface area (Å²) in [5.41, 5.74) is 6.04. The predicted octanol–water partition coefficient (Wildman–Crippen LogP) is 4.24. The van der Waals surface area contributed by atoms with Crippen molar-refractivity contribution < 1.29 is 0 Å². The van der Waals surface area contributed by atoms with Crippen molar-refractivity contribution in [3.63, 3.8) is 0 Å². The van der Waals surface area contributed by atoms with Gasteiger partial charge in [-0.05, 0) is 24.3 Å². The summed E-state index contributed by atoms with van der Waals surface area (Å²) < 4.78 is 1.10. The van der Waals surface area contributed by atoms with Crippen molar-refractivity contribution in [3.05, 3.63) is 60.9 Å². The van der Waals surface area contributed by atoms with E-state index >= 15 is 0 Å². The van der Waals surface area contributed by atoms with E-state index in [1.165, 1.54) is 4.90 Å². The molecule has 0 aliphatic carbocycles. The van der Waals surface area contributed by atoms with Gasteiger partial charge in [-0.1, -0.05) is 36.0 Å². The monoisotopic (exact) mass is 328 g/mol. The first-order valence-corrected chi connectivity index (χ1v) is 7.71. The standard InChI is InChI=1S/C16H13ClN4S/c17-21(16(18)19)15-10-20-9-11-8-13(6-7-14(11)15)22-12-4-2-1-3-5-12/h1-10H,(H3,18,19). The van der Waals surface area contributed by atoms with Crippen molar-refractivity contribution in [3.8, 4) is 0 Å². The Balaban J connectivity index is 1.99. The van der Waals surface area contributed by atoms with Crippen molar-refractivity contribution in [2.45, 2.75) is 9.79 Å². The lowest BCUT2D eigenvalue weighted by Gasteiger charge is -2.15. The van der Waals surface area contributed by atoms with Crippen LogP contribution in [0.1, 0.15) is 0 Å². The number of benzene rings is 2. The molecule has 0 saturated carbocycles. The third-order valence-corrected chi connectivity index (χ3v) is 4.47. The number of halogens is 1. The molecular formula is C16H13ClN4S. The van der Waals surface area contributed by atoms with E-state index < -0.39 is 0 Å². The predicted molar refractivity (Wildman–Crippen MR) is 92.6 cm³/mol. The molecule has 0 aliphatic heterocycles. The minimum absolute atomic E-state index is 0.237. The number of nitrogens with two attached hydrogens (primary N) is 1. The molecule has 1 heterocycles. The molecule has 3 aromatic rings. The maximum Gasteiger partial charge on any atom is 0.208 e. The molecule has 22 heavy (non-hydrogen) atoms. The van der Waals surface area contributed by atoms with Gasteiger partial charge < -0.3 is 5.73 Å². The molecular weight excluding hydrogens is 316 g/mol. The van der Waals surface area contributed by atoms with Gasteiger partial charge >= 0.3 is 0 Å². The largest absolute Gasteiger partial charge is 0.369 e. The molecule has 0 saturated heterocycles. The molecule has 4 nitrogen and oxygen atoms in total. The Morgan fingerprint density at radius 2 is 1.86 bits per heavy atom. The maximum atomic E-state index is 7.44. The average molecular weight is 329 g/mol. The Morgan fingerprint density at radius 1 is 1.09 bits per heavy atom. The van der Waals surface area contributed by atoms with Crippen molar-refractivity contribution in [2.24, 2.45) is 5.73 Å². The van der Waals surface area contributed by atoms with E-state index in [2.05, 4.69) is 17.1 Å². The van der Waals surface area contributed by atoms with Crippen LogP contribution < -0.4 is 10.2 Å². The van der Waals surface area contributed by atoms with Crippen LogP contribution in [0.5, 0.6) is 0 Å². The number of pyridine rings is 1. The highest BCUT2D eigenvalue weighted by molar-refractivity contribution is 7.99. The van der Waals surface area contributed by atoms with Gasteiger partial charge in [0, 0.05) is 38.5 Å². The van der Waals surface area contributed by atoms with Gasteiger partial charge in [-0.25, -0.2) is 4.42 Å². The third kappa shape index (κ3) is 3.00. The summed E-state index contributed by atoms with van der Waals surface area (Å²) in [6, 6.07) is 16.2. The molecule has 1 aromatic heterocycles. The summed E-state index contributed by atoms with van der Waals surface area (Å²) in [5, 5.41) is 9.29. The fourth-order valence-electron chi connectivity index (χ4n) is 2.11. The topological polar surface area (TPSA) is 66.0 Å². The summed E-state index contributed by atoms with van der Waals surface area (Å²) in [7, 11) is 0. The highest BCUT2D eigenvalue weighted by Crippen LogP contribution is 2.33. The van der Waals surface area contributed by atoms with E-state index in [0.717, 1.165) is 20.1 Å². The van der Waals surface area contributed by atoms with Crippen molar-refractivity contribution in [1.29, 1.82) is 5.41 Å². The van der Waals surface area contributed by atoms with Crippen LogP contribution in [0.15, 0.2) is 70.7 Å². The molecule has 0 bridgehead atoms. The molecule has 3 N–H and O–H groups in total. The van der Waals surface area contributed by atoms with Crippen LogP contribution in [-0.2, 0) is 0 Å². The molecule has 0 atom stereocenters. The molecule has 0 aliphatic rings. The second-order valence-corrected chi connectivity index (χ2v) is 6.11. The van der Waals surface area contributed by atoms with Crippen LogP contribution in [0.2, 0.25) is 0 Å².